The number of nitrogens with one attached hydrogen (secondary N) is 1. The summed E-state index contributed by atoms with van der Waals surface area (Å²) in [5, 5.41) is 4.77. The van der Waals surface area contributed by atoms with Crippen LogP contribution in [0.5, 0.6) is 0 Å². The quantitative estimate of drug-likeness (QED) is 0.816. The second kappa shape index (κ2) is 6.46. The van der Waals surface area contributed by atoms with Crippen LogP contribution < -0.4 is 5.32 Å². The lowest BCUT2D eigenvalue weighted by Crippen LogP contribution is -2.25. The van der Waals surface area contributed by atoms with E-state index in [2.05, 4.69) is 28.2 Å². The van der Waals surface area contributed by atoms with Crippen molar-refractivity contribution in [3.05, 3.63) is 34.6 Å². The van der Waals surface area contributed by atoms with Gasteiger partial charge in [-0.3, -0.25) is 0 Å². The van der Waals surface area contributed by atoms with Crippen molar-refractivity contribution in [2.75, 3.05) is 5.33 Å². The van der Waals surface area contributed by atoms with Gasteiger partial charge in [-0.25, -0.2) is 4.39 Å². The maximum absolute atomic E-state index is 12.8. The Morgan fingerprint density at radius 2 is 2.27 bits per heavy atom. The monoisotopic (exact) mass is 293 g/mol. The summed E-state index contributed by atoms with van der Waals surface area (Å²) in [7, 11) is 0. The summed E-state index contributed by atoms with van der Waals surface area (Å²) in [5.41, 5.74) is 0.930. The Labute approximate surface area is 103 Å². The van der Waals surface area contributed by atoms with E-state index in [1.54, 1.807) is 6.07 Å². The van der Waals surface area contributed by atoms with E-state index in [-0.39, 0.29) is 5.82 Å². The molecule has 0 saturated heterocycles. The van der Waals surface area contributed by atoms with E-state index in [0.717, 1.165) is 17.3 Å². The molecular formula is C11H14BrClFN. The van der Waals surface area contributed by atoms with E-state index in [0.29, 0.717) is 17.6 Å². The van der Waals surface area contributed by atoms with Gasteiger partial charge in [0.1, 0.15) is 5.82 Å². The van der Waals surface area contributed by atoms with Crippen LogP contribution in [-0.2, 0) is 6.54 Å². The Bertz CT molecular complexity index is 319. The largest absolute Gasteiger partial charge is 0.310 e. The average molecular weight is 295 g/mol. The van der Waals surface area contributed by atoms with Crippen molar-refractivity contribution in [2.24, 2.45) is 0 Å². The van der Waals surface area contributed by atoms with Gasteiger partial charge in [-0.05, 0) is 31.0 Å². The molecule has 84 valence electrons. The van der Waals surface area contributed by atoms with Crippen LogP contribution in [0.3, 0.4) is 0 Å². The maximum Gasteiger partial charge on any atom is 0.124 e. The van der Waals surface area contributed by atoms with Crippen LogP contribution in [0.4, 0.5) is 4.39 Å². The van der Waals surface area contributed by atoms with Crippen molar-refractivity contribution < 1.29 is 4.39 Å². The first-order valence-corrected chi connectivity index (χ1v) is 6.36. The highest BCUT2D eigenvalue weighted by Crippen LogP contribution is 2.17. The minimum Gasteiger partial charge on any atom is -0.310 e. The lowest BCUT2D eigenvalue weighted by atomic mass is 10.2. The lowest BCUT2D eigenvalue weighted by molar-refractivity contribution is 0.538. The summed E-state index contributed by atoms with van der Waals surface area (Å²) in [6.45, 7) is 2.78. The van der Waals surface area contributed by atoms with E-state index >= 15 is 0 Å². The Kier molecular flexibility index (Phi) is 5.58. The molecule has 0 aliphatic carbocycles. The van der Waals surface area contributed by atoms with E-state index in [4.69, 9.17) is 11.6 Å². The van der Waals surface area contributed by atoms with E-state index in [1.807, 2.05) is 0 Å². The normalized spacial score (nSPS) is 12.8. The Morgan fingerprint density at radius 3 is 2.87 bits per heavy atom. The third kappa shape index (κ3) is 4.49. The smallest absolute Gasteiger partial charge is 0.124 e. The number of hydrogen-bond acceptors (Lipinski definition) is 1. The second-order valence-corrected chi connectivity index (χ2v) is 4.70. The molecule has 0 spiro atoms. The second-order valence-electron chi connectivity index (χ2n) is 3.50. The molecule has 1 nitrogen and oxygen atoms in total. The molecule has 0 aliphatic rings. The SMILES string of the molecule is CC(CCBr)NCc1ccc(F)cc1Cl. The predicted octanol–water partition coefficient (Wildman–Crippen LogP) is 3.74. The fourth-order valence-corrected chi connectivity index (χ4v) is 2.14. The molecule has 0 bridgehead atoms. The van der Waals surface area contributed by atoms with Gasteiger partial charge in [-0.1, -0.05) is 33.6 Å². The Hall–Kier alpha value is -0.120. The van der Waals surface area contributed by atoms with Crippen LogP contribution in [-0.4, -0.2) is 11.4 Å². The molecule has 0 heterocycles. The lowest BCUT2D eigenvalue weighted by Gasteiger charge is -2.12. The summed E-state index contributed by atoms with van der Waals surface area (Å²) in [6, 6.07) is 4.91. The van der Waals surface area contributed by atoms with Crippen LogP contribution in [0.25, 0.3) is 0 Å². The Morgan fingerprint density at radius 1 is 1.53 bits per heavy atom. The molecule has 15 heavy (non-hydrogen) atoms. The fourth-order valence-electron chi connectivity index (χ4n) is 1.21. The standard InChI is InChI=1S/C11H14BrClFN/c1-8(4-5-12)15-7-9-2-3-10(14)6-11(9)13/h2-3,6,8,15H,4-5,7H2,1H3. The highest BCUT2D eigenvalue weighted by atomic mass is 79.9. The number of alkyl halides is 1. The molecule has 4 heteroatoms. The van der Waals surface area contributed by atoms with Gasteiger partial charge >= 0.3 is 0 Å². The Balaban J connectivity index is 2.50. The van der Waals surface area contributed by atoms with Crippen LogP contribution in [0.15, 0.2) is 18.2 Å². The van der Waals surface area contributed by atoms with Gasteiger partial charge in [0, 0.05) is 22.9 Å². The first-order valence-electron chi connectivity index (χ1n) is 4.86. The van der Waals surface area contributed by atoms with Crippen LogP contribution in [0.1, 0.15) is 18.9 Å². The summed E-state index contributed by atoms with van der Waals surface area (Å²) in [6.07, 6.45) is 1.05. The van der Waals surface area contributed by atoms with Gasteiger partial charge in [0.25, 0.3) is 0 Å². The van der Waals surface area contributed by atoms with Crippen molar-refractivity contribution in [1.29, 1.82) is 0 Å². The topological polar surface area (TPSA) is 12.0 Å². The average Bonchev–Trinajstić information content (AvgIpc) is 2.17. The molecule has 1 unspecified atom stereocenters. The minimum absolute atomic E-state index is 0.294. The third-order valence-electron chi connectivity index (χ3n) is 2.20. The third-order valence-corrected chi connectivity index (χ3v) is 3.01. The van der Waals surface area contributed by atoms with Gasteiger partial charge < -0.3 is 5.32 Å². The van der Waals surface area contributed by atoms with Crippen LogP contribution >= 0.6 is 27.5 Å². The van der Waals surface area contributed by atoms with Crippen molar-refractivity contribution in [1.82, 2.24) is 5.32 Å². The maximum atomic E-state index is 12.8. The summed E-state index contributed by atoms with van der Waals surface area (Å²) in [4.78, 5) is 0. The number of halogens is 3. The molecule has 1 rings (SSSR count). The predicted molar refractivity (Wildman–Crippen MR) is 66.1 cm³/mol. The van der Waals surface area contributed by atoms with Gasteiger partial charge in [0.2, 0.25) is 0 Å². The zero-order chi connectivity index (χ0) is 11.3. The zero-order valence-corrected chi connectivity index (χ0v) is 10.9. The van der Waals surface area contributed by atoms with Gasteiger partial charge in [0.05, 0.1) is 0 Å². The molecule has 1 N–H and O–H groups in total. The van der Waals surface area contributed by atoms with Crippen molar-refractivity contribution in [2.45, 2.75) is 25.9 Å². The molecular weight excluding hydrogens is 280 g/mol. The number of benzene rings is 1. The molecule has 0 saturated carbocycles. The molecule has 0 aliphatic heterocycles. The van der Waals surface area contributed by atoms with Crippen molar-refractivity contribution in [3.8, 4) is 0 Å². The number of rotatable bonds is 5. The highest BCUT2D eigenvalue weighted by molar-refractivity contribution is 9.09. The molecule has 1 atom stereocenters. The van der Waals surface area contributed by atoms with Crippen molar-refractivity contribution in [3.63, 3.8) is 0 Å². The zero-order valence-electron chi connectivity index (χ0n) is 8.56. The van der Waals surface area contributed by atoms with Crippen molar-refractivity contribution >= 4 is 27.5 Å². The first-order chi connectivity index (χ1) is 7.13. The summed E-state index contributed by atoms with van der Waals surface area (Å²) < 4.78 is 12.8. The van der Waals surface area contributed by atoms with Crippen LogP contribution in [0.2, 0.25) is 5.02 Å². The molecule has 1 aromatic rings. The number of hydrogen-bond donors (Lipinski definition) is 1. The summed E-state index contributed by atoms with van der Waals surface area (Å²) >= 11 is 9.29. The molecule has 0 amide bonds. The highest BCUT2D eigenvalue weighted by Gasteiger charge is 2.04. The fraction of sp³-hybridized carbons (Fsp3) is 0.455. The van der Waals surface area contributed by atoms with Gasteiger partial charge in [0.15, 0.2) is 0 Å². The van der Waals surface area contributed by atoms with Gasteiger partial charge in [-0.2, -0.15) is 0 Å². The first kappa shape index (κ1) is 12.9. The van der Waals surface area contributed by atoms with E-state index in [1.165, 1.54) is 12.1 Å². The molecule has 0 aromatic heterocycles. The molecule has 0 radical (unpaired) electrons. The molecule has 1 aromatic carbocycles. The van der Waals surface area contributed by atoms with E-state index < -0.39 is 0 Å². The minimum atomic E-state index is -0.294. The summed E-state index contributed by atoms with van der Waals surface area (Å²) in [5.74, 6) is -0.294. The molecule has 0 fully saturated rings. The van der Waals surface area contributed by atoms with Gasteiger partial charge in [-0.15, -0.1) is 0 Å². The van der Waals surface area contributed by atoms with Crippen LogP contribution in [0, 0.1) is 5.82 Å². The van der Waals surface area contributed by atoms with E-state index in [9.17, 15) is 4.39 Å².